The number of aliphatic hydroxyl groups is 1. The van der Waals surface area contributed by atoms with Crippen molar-refractivity contribution in [2.75, 3.05) is 13.6 Å². The number of nitrogens with one attached hydrogen (secondary N) is 4. The minimum Gasteiger partial charge on any atom is -0.391 e. The van der Waals surface area contributed by atoms with Gasteiger partial charge in [-0.05, 0) is 61.9 Å². The number of hydroxylamine groups is 1. The number of allylic oxidation sites excluding steroid dienone is 1. The lowest BCUT2D eigenvalue weighted by Gasteiger charge is -2.38. The molecule has 3 amide bonds. The number of carbonyl (C=O) groups excluding carboxylic acids is 3. The van der Waals surface area contributed by atoms with Gasteiger partial charge in [-0.1, -0.05) is 39.4 Å². The Morgan fingerprint density at radius 1 is 1.15 bits per heavy atom. The molecule has 0 bridgehead atoms. The molecule has 1 saturated carbocycles. The summed E-state index contributed by atoms with van der Waals surface area (Å²) in [5.74, 6) is 0.0834. The van der Waals surface area contributed by atoms with Gasteiger partial charge < -0.3 is 30.4 Å². The van der Waals surface area contributed by atoms with Gasteiger partial charge in [0.1, 0.15) is 6.04 Å². The SMILES string of the molecule is CNN(/C=C(\C)NC(C)=O)C1CCC(BN[C@H](C(=O)N2C[C@H](O)C[C@H]2C(=O)NOc2ccc(-c3scnc3C)cc2)C(C)(C)C)CC1. The van der Waals surface area contributed by atoms with Crippen LogP contribution >= 0.6 is 11.3 Å². The number of aryl methyl sites for hydroxylation is 1. The molecule has 2 fully saturated rings. The molecule has 2 aliphatic rings. The Kier molecular flexibility index (Phi) is 12.5. The Balaban J connectivity index is 1.33. The first-order valence-corrected chi connectivity index (χ1v) is 17.3. The molecule has 2 aromatic rings. The highest BCUT2D eigenvalue weighted by atomic mass is 32.1. The van der Waals surface area contributed by atoms with Crippen LogP contribution in [-0.2, 0) is 14.4 Å². The molecule has 5 N–H and O–H groups in total. The van der Waals surface area contributed by atoms with Crippen molar-refractivity contribution in [3.8, 4) is 16.2 Å². The van der Waals surface area contributed by atoms with Crippen LogP contribution in [0.2, 0.25) is 5.82 Å². The maximum Gasteiger partial charge on any atom is 0.275 e. The standard InChI is InChI=1S/C33H50BN7O5S/c1-20(37-22(3)42)17-41(35-7)25-12-10-24(11-13-25)34-38-30(33(4,5)6)32(45)40-18-26(43)16-28(40)31(44)39-46-27-14-8-23(9-15-27)29-21(2)36-19-47-29/h8-9,14-15,17,19,24-26,28,30,34-35,38,43H,10-13,16,18H2,1-7H3,(H,37,42)(H,39,44)/b20-17+/t24?,25?,26-,28+,30-/m1/s1. The summed E-state index contributed by atoms with van der Waals surface area (Å²) in [7, 11) is 2.55. The van der Waals surface area contributed by atoms with Crippen LogP contribution in [0.15, 0.2) is 41.7 Å². The number of rotatable bonds is 12. The van der Waals surface area contributed by atoms with Crippen LogP contribution < -0.4 is 26.3 Å². The van der Waals surface area contributed by atoms with Crippen molar-refractivity contribution in [2.45, 2.75) is 104 Å². The van der Waals surface area contributed by atoms with Gasteiger partial charge in [-0.3, -0.25) is 14.4 Å². The van der Waals surface area contributed by atoms with E-state index in [0.717, 1.165) is 47.5 Å². The van der Waals surface area contributed by atoms with Crippen LogP contribution in [0.25, 0.3) is 10.4 Å². The number of hydrazine groups is 1. The molecule has 14 heteroatoms. The lowest BCUT2D eigenvalue weighted by atomic mass is 9.65. The quantitative estimate of drug-likeness (QED) is 0.170. The van der Waals surface area contributed by atoms with E-state index in [-0.39, 0.29) is 24.8 Å². The lowest BCUT2D eigenvalue weighted by Crippen LogP contribution is -2.58. The molecule has 47 heavy (non-hydrogen) atoms. The van der Waals surface area contributed by atoms with Crippen LogP contribution in [0.4, 0.5) is 0 Å². The zero-order valence-electron chi connectivity index (χ0n) is 28.6. The molecule has 1 aromatic heterocycles. The zero-order valence-corrected chi connectivity index (χ0v) is 29.4. The van der Waals surface area contributed by atoms with E-state index in [1.54, 1.807) is 29.0 Å². The summed E-state index contributed by atoms with van der Waals surface area (Å²) in [6.07, 6.45) is 5.20. The summed E-state index contributed by atoms with van der Waals surface area (Å²) in [6, 6.07) is 6.27. The summed E-state index contributed by atoms with van der Waals surface area (Å²) in [6.45, 7) is 11.4. The van der Waals surface area contributed by atoms with E-state index in [9.17, 15) is 19.5 Å². The second-order valence-corrected chi connectivity index (χ2v) is 14.6. The highest BCUT2D eigenvalue weighted by Gasteiger charge is 2.44. The van der Waals surface area contributed by atoms with Crippen LogP contribution in [0.5, 0.6) is 5.75 Å². The average molecular weight is 668 g/mol. The topological polar surface area (TPSA) is 148 Å². The fourth-order valence-corrected chi connectivity index (χ4v) is 7.26. The van der Waals surface area contributed by atoms with Gasteiger partial charge in [-0.25, -0.2) is 10.4 Å². The van der Waals surface area contributed by atoms with Gasteiger partial charge >= 0.3 is 0 Å². The van der Waals surface area contributed by atoms with Gasteiger partial charge in [-0.15, -0.1) is 11.3 Å². The smallest absolute Gasteiger partial charge is 0.275 e. The number of hydrogen-bond donors (Lipinski definition) is 5. The molecular formula is C33H50BN7O5S. The van der Waals surface area contributed by atoms with Crippen molar-refractivity contribution in [3.05, 3.63) is 47.4 Å². The Labute approximate surface area is 282 Å². The monoisotopic (exact) mass is 667 g/mol. The van der Waals surface area contributed by atoms with E-state index < -0.39 is 29.5 Å². The number of carbonyl (C=O) groups is 3. The summed E-state index contributed by atoms with van der Waals surface area (Å²) < 4.78 is 0. The number of aliphatic hydroxyl groups excluding tert-OH is 1. The van der Waals surface area contributed by atoms with Gasteiger partial charge in [0.25, 0.3) is 5.91 Å². The van der Waals surface area contributed by atoms with E-state index in [0.29, 0.717) is 25.0 Å². The fraction of sp³-hybridized carbons (Fsp3) is 0.576. The zero-order chi connectivity index (χ0) is 34.3. The maximum atomic E-state index is 14.0. The van der Waals surface area contributed by atoms with Crippen LogP contribution in [-0.4, -0.2) is 83.0 Å². The van der Waals surface area contributed by atoms with E-state index in [2.05, 4.69) is 31.4 Å². The molecule has 256 valence electrons. The minimum atomic E-state index is -0.847. The molecule has 1 aliphatic carbocycles. The number of amides is 3. The number of hydrogen-bond acceptors (Lipinski definition) is 10. The van der Waals surface area contributed by atoms with Crippen molar-refractivity contribution < 1.29 is 24.3 Å². The molecule has 1 aliphatic heterocycles. The number of nitrogens with zero attached hydrogens (tertiary/aromatic N) is 3. The third-order valence-corrected chi connectivity index (χ3v) is 9.87. The van der Waals surface area contributed by atoms with Gasteiger partial charge in [0.05, 0.1) is 28.2 Å². The van der Waals surface area contributed by atoms with Gasteiger partial charge in [0, 0.05) is 44.9 Å². The van der Waals surface area contributed by atoms with Gasteiger partial charge in [0.15, 0.2) is 5.75 Å². The highest BCUT2D eigenvalue weighted by molar-refractivity contribution is 7.13. The van der Waals surface area contributed by atoms with E-state index in [4.69, 9.17) is 4.84 Å². The Hall–Kier alpha value is -3.46. The molecular weight excluding hydrogens is 617 g/mol. The third kappa shape index (κ3) is 9.78. The summed E-state index contributed by atoms with van der Waals surface area (Å²) in [5.41, 5.74) is 9.86. The van der Waals surface area contributed by atoms with Crippen molar-refractivity contribution in [1.29, 1.82) is 0 Å². The largest absolute Gasteiger partial charge is 0.391 e. The summed E-state index contributed by atoms with van der Waals surface area (Å²) in [5, 5.41) is 18.9. The molecule has 1 aromatic carbocycles. The Morgan fingerprint density at radius 2 is 1.83 bits per heavy atom. The normalized spacial score (nSPS) is 22.4. The van der Waals surface area contributed by atoms with Gasteiger partial charge in [0.2, 0.25) is 19.2 Å². The Bertz CT molecular complexity index is 1400. The first-order chi connectivity index (χ1) is 22.3. The third-order valence-electron chi connectivity index (χ3n) is 8.89. The lowest BCUT2D eigenvalue weighted by molar-refractivity contribution is -0.144. The molecule has 3 atom stereocenters. The summed E-state index contributed by atoms with van der Waals surface area (Å²) in [4.78, 5) is 51.2. The average Bonchev–Trinajstić information content (AvgIpc) is 3.63. The van der Waals surface area contributed by atoms with Crippen LogP contribution in [0, 0.1) is 12.3 Å². The van der Waals surface area contributed by atoms with Gasteiger partial charge in [-0.2, -0.15) is 5.48 Å². The van der Waals surface area contributed by atoms with Crippen LogP contribution in [0.1, 0.15) is 72.4 Å². The number of benzene rings is 1. The van der Waals surface area contributed by atoms with E-state index in [1.807, 2.05) is 60.0 Å². The Morgan fingerprint density at radius 3 is 2.40 bits per heavy atom. The molecule has 1 saturated heterocycles. The predicted octanol–water partition coefficient (Wildman–Crippen LogP) is 3.01. The minimum absolute atomic E-state index is 0.0878. The van der Waals surface area contributed by atoms with E-state index in [1.165, 1.54) is 11.8 Å². The number of aromatic nitrogens is 1. The van der Waals surface area contributed by atoms with Crippen molar-refractivity contribution in [3.63, 3.8) is 0 Å². The second-order valence-electron chi connectivity index (χ2n) is 13.8. The molecule has 0 radical (unpaired) electrons. The predicted molar refractivity (Wildman–Crippen MR) is 185 cm³/mol. The van der Waals surface area contributed by atoms with Crippen molar-refractivity contribution in [2.24, 2.45) is 5.41 Å². The molecule has 0 spiro atoms. The number of likely N-dealkylation sites (tertiary alicyclic amines) is 1. The van der Waals surface area contributed by atoms with E-state index >= 15 is 0 Å². The first-order valence-electron chi connectivity index (χ1n) is 16.4. The number of thiazole rings is 1. The molecule has 2 heterocycles. The number of β-amino-alcohol motifs (C(OH)–C–C–N with tert-alkyl or cyclic N) is 1. The molecule has 0 unspecified atom stereocenters. The highest BCUT2D eigenvalue weighted by Crippen LogP contribution is 2.32. The van der Waals surface area contributed by atoms with Crippen molar-refractivity contribution >= 4 is 36.5 Å². The molecule has 12 nitrogen and oxygen atoms in total. The fourth-order valence-electron chi connectivity index (χ4n) is 6.45. The first kappa shape index (κ1) is 36.4. The second kappa shape index (κ2) is 16.1. The maximum absolute atomic E-state index is 14.0. The van der Waals surface area contributed by atoms with Crippen molar-refractivity contribution in [1.82, 2.24) is 36.3 Å². The summed E-state index contributed by atoms with van der Waals surface area (Å²) >= 11 is 1.56. The molecule has 4 rings (SSSR count). The van der Waals surface area contributed by atoms with Crippen LogP contribution in [0.3, 0.4) is 0 Å².